The zero-order valence-electron chi connectivity index (χ0n) is 16.8. The Labute approximate surface area is 188 Å². The Kier molecular flexibility index (Phi) is 8.33. The van der Waals surface area contributed by atoms with E-state index in [9.17, 15) is 40.3 Å². The number of halogens is 5. The lowest BCUT2D eigenvalue weighted by molar-refractivity contribution is -0.192. The number of nitrogens with zero attached hydrogens (tertiary/aromatic N) is 2. The molecule has 186 valence electrons. The van der Waals surface area contributed by atoms with Gasteiger partial charge in [0.25, 0.3) is 10.0 Å². The van der Waals surface area contributed by atoms with Crippen molar-refractivity contribution in [1.29, 1.82) is 0 Å². The normalized spacial score (nSPS) is 14.1. The van der Waals surface area contributed by atoms with E-state index in [1.54, 1.807) is 4.90 Å². The van der Waals surface area contributed by atoms with Gasteiger partial charge in [-0.2, -0.15) is 13.2 Å². The van der Waals surface area contributed by atoms with Gasteiger partial charge in [0.2, 0.25) is 0 Å². The van der Waals surface area contributed by atoms with E-state index >= 15 is 0 Å². The number of morpholine rings is 1. The third-order valence-electron chi connectivity index (χ3n) is 4.09. The van der Waals surface area contributed by atoms with Gasteiger partial charge in [0.1, 0.15) is 27.9 Å². The van der Waals surface area contributed by atoms with Crippen LogP contribution in [0.5, 0.6) is 0 Å². The summed E-state index contributed by atoms with van der Waals surface area (Å²) in [6, 6.07) is 3.09. The molecule has 0 atom stereocenters. The summed E-state index contributed by atoms with van der Waals surface area (Å²) < 4.78 is 90.7. The van der Waals surface area contributed by atoms with E-state index in [-0.39, 0.29) is 17.1 Å². The molecular formula is C18H16F5N3O7S. The first-order chi connectivity index (χ1) is 15.7. The third-order valence-corrected chi connectivity index (χ3v) is 5.48. The van der Waals surface area contributed by atoms with Crippen molar-refractivity contribution in [3.63, 3.8) is 0 Å². The second kappa shape index (κ2) is 10.6. The zero-order valence-corrected chi connectivity index (χ0v) is 17.7. The Bertz CT molecular complexity index is 1170. The average molecular weight is 513 g/mol. The number of ether oxygens (including phenoxy) is 1. The van der Waals surface area contributed by atoms with E-state index < -0.39 is 44.7 Å². The largest absolute Gasteiger partial charge is 0.490 e. The predicted molar refractivity (Wildman–Crippen MR) is 105 cm³/mol. The predicted octanol–water partition coefficient (Wildman–Crippen LogP) is 2.33. The number of hydrogen-bond donors (Lipinski definition) is 3. The Hall–Kier alpha value is -3.53. The minimum Gasteiger partial charge on any atom is -0.478 e. The molecule has 1 aromatic carbocycles. The summed E-state index contributed by atoms with van der Waals surface area (Å²) in [5.74, 6) is -5.95. The van der Waals surface area contributed by atoms with Crippen molar-refractivity contribution in [2.24, 2.45) is 0 Å². The highest BCUT2D eigenvalue weighted by molar-refractivity contribution is 7.92. The zero-order chi connectivity index (χ0) is 25.7. The Balaban J connectivity index is 0.000000509. The van der Waals surface area contributed by atoms with Gasteiger partial charge >= 0.3 is 18.1 Å². The van der Waals surface area contributed by atoms with Crippen LogP contribution in [-0.4, -0.2) is 68.0 Å². The number of hydrogen-bond acceptors (Lipinski definition) is 7. The minimum absolute atomic E-state index is 0.172. The highest BCUT2D eigenvalue weighted by atomic mass is 32.2. The van der Waals surface area contributed by atoms with Crippen LogP contribution in [0.25, 0.3) is 0 Å². The summed E-state index contributed by atoms with van der Waals surface area (Å²) in [5, 5.41) is 16.6. The lowest BCUT2D eigenvalue weighted by atomic mass is 10.2. The van der Waals surface area contributed by atoms with Crippen LogP contribution in [0.2, 0.25) is 0 Å². The number of pyridine rings is 1. The molecule has 3 rings (SSSR count). The maximum absolute atomic E-state index is 13.8. The van der Waals surface area contributed by atoms with Crippen molar-refractivity contribution in [2.45, 2.75) is 11.1 Å². The topological polar surface area (TPSA) is 146 Å². The molecule has 2 aromatic rings. The molecular weight excluding hydrogens is 497 g/mol. The fraction of sp³-hybridized carbons (Fsp3) is 0.278. The average Bonchev–Trinajstić information content (AvgIpc) is 2.75. The van der Waals surface area contributed by atoms with E-state index in [1.807, 2.05) is 4.72 Å². The standard InChI is InChI=1S/C16H15F2N3O5S.C2HF3O2/c17-10-1-2-13(18)14(7-10)27(24,25)20-11-8-12(16(22)23)15(19-9-11)21-3-5-26-6-4-21;3-2(4,5)1(6)7/h1-2,7-9,20H,3-6H2,(H,22,23);(H,6,7). The van der Waals surface area contributed by atoms with Gasteiger partial charge < -0.3 is 19.8 Å². The number of carboxylic acids is 2. The summed E-state index contributed by atoms with van der Waals surface area (Å²) >= 11 is 0. The van der Waals surface area contributed by atoms with Gasteiger partial charge in [0.15, 0.2) is 0 Å². The lowest BCUT2D eigenvalue weighted by Gasteiger charge is -2.28. The lowest BCUT2D eigenvalue weighted by Crippen LogP contribution is -2.37. The van der Waals surface area contributed by atoms with Gasteiger partial charge in [0, 0.05) is 13.1 Å². The van der Waals surface area contributed by atoms with Crippen molar-refractivity contribution in [1.82, 2.24) is 4.98 Å². The van der Waals surface area contributed by atoms with E-state index in [0.717, 1.165) is 18.3 Å². The molecule has 0 amide bonds. The van der Waals surface area contributed by atoms with Crippen LogP contribution in [-0.2, 0) is 19.6 Å². The maximum Gasteiger partial charge on any atom is 0.490 e. The van der Waals surface area contributed by atoms with Gasteiger partial charge in [-0.25, -0.2) is 31.8 Å². The summed E-state index contributed by atoms with van der Waals surface area (Å²) in [6.07, 6.45) is -3.97. The van der Waals surface area contributed by atoms with Crippen LogP contribution in [0.4, 0.5) is 33.5 Å². The number of rotatable bonds is 5. The number of alkyl halides is 3. The number of sulfonamides is 1. The summed E-state index contributed by atoms with van der Waals surface area (Å²) in [6.45, 7) is 1.70. The molecule has 1 saturated heterocycles. The summed E-state index contributed by atoms with van der Waals surface area (Å²) in [5.41, 5.74) is -0.412. The van der Waals surface area contributed by atoms with E-state index in [4.69, 9.17) is 14.6 Å². The fourth-order valence-corrected chi connectivity index (χ4v) is 3.72. The molecule has 1 aliphatic rings. The molecule has 0 aliphatic carbocycles. The van der Waals surface area contributed by atoms with Crippen LogP contribution in [0.3, 0.4) is 0 Å². The SMILES string of the molecule is O=C(O)C(F)(F)F.O=C(O)c1cc(NS(=O)(=O)c2cc(F)ccc2F)cnc1N1CCOCC1. The summed E-state index contributed by atoms with van der Waals surface area (Å²) in [4.78, 5) is 25.3. The second-order valence-electron chi connectivity index (χ2n) is 6.48. The molecule has 0 bridgehead atoms. The van der Waals surface area contributed by atoms with E-state index in [2.05, 4.69) is 4.98 Å². The van der Waals surface area contributed by atoms with Crippen molar-refractivity contribution < 1.29 is 54.9 Å². The third kappa shape index (κ3) is 6.98. The van der Waals surface area contributed by atoms with Crippen molar-refractivity contribution in [3.05, 3.63) is 47.7 Å². The Morgan fingerprint density at radius 1 is 1.09 bits per heavy atom. The van der Waals surface area contributed by atoms with Crippen LogP contribution in [0.1, 0.15) is 10.4 Å². The number of anilines is 2. The highest BCUT2D eigenvalue weighted by Crippen LogP contribution is 2.25. The molecule has 1 aliphatic heterocycles. The number of nitrogens with one attached hydrogen (secondary N) is 1. The fourth-order valence-electron chi connectivity index (χ4n) is 2.59. The molecule has 16 heteroatoms. The van der Waals surface area contributed by atoms with Crippen molar-refractivity contribution in [2.75, 3.05) is 35.9 Å². The van der Waals surface area contributed by atoms with Crippen LogP contribution in [0, 0.1) is 11.6 Å². The summed E-state index contributed by atoms with van der Waals surface area (Å²) in [7, 11) is -4.48. The molecule has 1 fully saturated rings. The van der Waals surface area contributed by atoms with Gasteiger partial charge in [-0.1, -0.05) is 0 Å². The Morgan fingerprint density at radius 3 is 2.21 bits per heavy atom. The quantitative estimate of drug-likeness (QED) is 0.513. The highest BCUT2D eigenvalue weighted by Gasteiger charge is 2.38. The first-order valence-corrected chi connectivity index (χ1v) is 10.5. The number of benzene rings is 1. The van der Waals surface area contributed by atoms with Crippen molar-refractivity contribution in [3.8, 4) is 0 Å². The molecule has 0 saturated carbocycles. The monoisotopic (exact) mass is 513 g/mol. The number of aromatic nitrogens is 1. The van der Waals surface area contributed by atoms with E-state index in [1.165, 1.54) is 0 Å². The number of carbonyl (C=O) groups is 2. The molecule has 0 spiro atoms. The van der Waals surface area contributed by atoms with E-state index in [0.29, 0.717) is 38.4 Å². The van der Waals surface area contributed by atoms with Gasteiger partial charge in [-0.15, -0.1) is 0 Å². The van der Waals surface area contributed by atoms with Crippen LogP contribution >= 0.6 is 0 Å². The number of aliphatic carboxylic acids is 1. The maximum atomic E-state index is 13.8. The molecule has 10 nitrogen and oxygen atoms in total. The second-order valence-corrected chi connectivity index (χ2v) is 8.13. The van der Waals surface area contributed by atoms with Gasteiger partial charge in [-0.05, 0) is 24.3 Å². The van der Waals surface area contributed by atoms with Crippen LogP contribution in [0.15, 0.2) is 35.4 Å². The Morgan fingerprint density at radius 2 is 1.68 bits per heavy atom. The molecule has 1 aromatic heterocycles. The molecule has 34 heavy (non-hydrogen) atoms. The smallest absolute Gasteiger partial charge is 0.478 e. The van der Waals surface area contributed by atoms with Crippen molar-refractivity contribution >= 4 is 33.5 Å². The minimum atomic E-state index is -5.08. The van der Waals surface area contributed by atoms with Gasteiger partial charge in [-0.3, -0.25) is 4.72 Å². The molecule has 2 heterocycles. The van der Waals surface area contributed by atoms with Crippen LogP contribution < -0.4 is 9.62 Å². The molecule has 0 radical (unpaired) electrons. The van der Waals surface area contributed by atoms with Gasteiger partial charge in [0.05, 0.1) is 25.1 Å². The molecule has 0 unspecified atom stereocenters. The molecule has 3 N–H and O–H groups in total. The first kappa shape index (κ1) is 26.7. The number of carboxylic acid groups (broad SMARTS) is 2. The number of aromatic carboxylic acids is 1. The first-order valence-electron chi connectivity index (χ1n) is 9.06.